The van der Waals surface area contributed by atoms with Gasteiger partial charge in [0.25, 0.3) is 11.8 Å². The predicted octanol–water partition coefficient (Wildman–Crippen LogP) is 3.34. The molecule has 1 unspecified atom stereocenters. The van der Waals surface area contributed by atoms with Gasteiger partial charge in [0.05, 0.1) is 30.1 Å². The van der Waals surface area contributed by atoms with Crippen LogP contribution in [0.2, 0.25) is 0 Å². The van der Waals surface area contributed by atoms with Gasteiger partial charge in [0.15, 0.2) is 0 Å². The SMILES string of the molecule is C=C[C@@H]1C[C@]1(NC(=O)[C@@H]1C[C@@H](Oc2cc(-c3ccccc3)nc3cc(OC)ccc23)CN1C(=O)C(O)C(C)(C)C)C(=O)NS(=O)(=O)C1CC1. The molecule has 13 heteroatoms. The van der Waals surface area contributed by atoms with Crippen molar-refractivity contribution in [1.82, 2.24) is 19.9 Å². The van der Waals surface area contributed by atoms with Crippen molar-refractivity contribution < 1.29 is 37.4 Å². The molecule has 49 heavy (non-hydrogen) atoms. The van der Waals surface area contributed by atoms with Gasteiger partial charge in [-0.25, -0.2) is 13.4 Å². The number of fused-ring (bicyclic) bond motifs is 1. The quantitative estimate of drug-likeness (QED) is 0.256. The monoisotopic (exact) mass is 690 g/mol. The van der Waals surface area contributed by atoms with Crippen molar-refractivity contribution in [3.8, 4) is 22.8 Å². The summed E-state index contributed by atoms with van der Waals surface area (Å²) < 4.78 is 39.4. The minimum Gasteiger partial charge on any atom is -0.497 e. The van der Waals surface area contributed by atoms with Crippen molar-refractivity contribution in [2.75, 3.05) is 13.7 Å². The van der Waals surface area contributed by atoms with Crippen LogP contribution in [0.4, 0.5) is 0 Å². The average molecular weight is 691 g/mol. The molecule has 2 aliphatic carbocycles. The molecule has 3 fully saturated rings. The number of hydrogen-bond acceptors (Lipinski definition) is 9. The fourth-order valence-corrected chi connectivity index (χ4v) is 7.62. The number of aliphatic hydroxyl groups is 1. The minimum absolute atomic E-state index is 0.0230. The number of pyridine rings is 1. The first-order chi connectivity index (χ1) is 23.2. The van der Waals surface area contributed by atoms with Crippen LogP contribution in [0.15, 0.2) is 67.3 Å². The van der Waals surface area contributed by atoms with E-state index < -0.39 is 68.1 Å². The van der Waals surface area contributed by atoms with Gasteiger partial charge in [0, 0.05) is 35.4 Å². The van der Waals surface area contributed by atoms with E-state index in [9.17, 15) is 27.9 Å². The van der Waals surface area contributed by atoms with Crippen molar-refractivity contribution in [1.29, 1.82) is 0 Å². The maximum atomic E-state index is 14.1. The van der Waals surface area contributed by atoms with Crippen molar-refractivity contribution in [2.45, 2.75) is 75.5 Å². The highest BCUT2D eigenvalue weighted by Crippen LogP contribution is 2.45. The summed E-state index contributed by atoms with van der Waals surface area (Å²) >= 11 is 0. The van der Waals surface area contributed by atoms with E-state index in [1.807, 2.05) is 42.5 Å². The molecule has 2 aromatic carbocycles. The van der Waals surface area contributed by atoms with Crippen LogP contribution in [0.3, 0.4) is 0 Å². The highest BCUT2D eigenvalue weighted by atomic mass is 32.2. The lowest BCUT2D eigenvalue weighted by Crippen LogP contribution is -2.57. The van der Waals surface area contributed by atoms with E-state index in [0.29, 0.717) is 40.9 Å². The summed E-state index contributed by atoms with van der Waals surface area (Å²) in [6.45, 7) is 8.89. The smallest absolute Gasteiger partial charge is 0.259 e. The number of rotatable bonds is 11. The Morgan fingerprint density at radius 2 is 1.84 bits per heavy atom. The summed E-state index contributed by atoms with van der Waals surface area (Å²) in [5.41, 5.74) is -0.220. The van der Waals surface area contributed by atoms with Crippen molar-refractivity contribution in [2.24, 2.45) is 11.3 Å². The number of sulfonamides is 1. The highest BCUT2D eigenvalue weighted by Gasteiger charge is 2.62. The molecule has 2 heterocycles. The summed E-state index contributed by atoms with van der Waals surface area (Å²) in [4.78, 5) is 47.3. The number of amides is 3. The molecular weight excluding hydrogens is 648 g/mol. The Bertz CT molecular complexity index is 1910. The van der Waals surface area contributed by atoms with Crippen LogP contribution in [-0.2, 0) is 24.4 Å². The molecule has 12 nitrogen and oxygen atoms in total. The van der Waals surface area contributed by atoms with E-state index in [1.165, 1.54) is 11.0 Å². The lowest BCUT2D eigenvalue weighted by atomic mass is 9.88. The number of nitrogens with one attached hydrogen (secondary N) is 2. The van der Waals surface area contributed by atoms with Gasteiger partial charge in [0.1, 0.15) is 35.3 Å². The summed E-state index contributed by atoms with van der Waals surface area (Å²) in [5, 5.41) is 13.9. The lowest BCUT2D eigenvalue weighted by molar-refractivity contribution is -0.150. The van der Waals surface area contributed by atoms with Crippen LogP contribution in [0.1, 0.15) is 46.5 Å². The van der Waals surface area contributed by atoms with Crippen LogP contribution >= 0.6 is 0 Å². The number of aliphatic hydroxyl groups excluding tert-OH is 1. The van der Waals surface area contributed by atoms with E-state index in [0.717, 1.165) is 5.56 Å². The first kappa shape index (κ1) is 34.4. The lowest BCUT2D eigenvalue weighted by Gasteiger charge is -2.32. The molecule has 0 spiro atoms. The highest BCUT2D eigenvalue weighted by molar-refractivity contribution is 7.91. The second-order valence-electron chi connectivity index (χ2n) is 14.2. The average Bonchev–Trinajstić information content (AvgIpc) is 4.00. The Morgan fingerprint density at radius 1 is 1.12 bits per heavy atom. The van der Waals surface area contributed by atoms with Gasteiger partial charge in [-0.3, -0.25) is 19.1 Å². The van der Waals surface area contributed by atoms with E-state index in [2.05, 4.69) is 16.6 Å². The molecular formula is C36H42N4O8S. The van der Waals surface area contributed by atoms with E-state index in [-0.39, 0.29) is 19.4 Å². The Balaban J connectivity index is 1.31. The number of carbonyl (C=O) groups is 3. The Kier molecular flexibility index (Phi) is 8.95. The van der Waals surface area contributed by atoms with Gasteiger partial charge in [-0.2, -0.15) is 0 Å². The van der Waals surface area contributed by atoms with Crippen LogP contribution in [0.5, 0.6) is 11.5 Å². The third kappa shape index (κ3) is 6.86. The summed E-state index contributed by atoms with van der Waals surface area (Å²) in [6.07, 6.45) is 0.540. The molecule has 1 aromatic heterocycles. The standard InChI is InChI=1S/C36H42N4O8S/c1-6-22-19-36(22,34(44)39-49(45,46)25-13-14-25)38-32(42)29-17-24(20-40(29)33(43)31(41)35(2,3)4)48-30-18-27(21-10-8-7-9-11-21)37-28-16-23(47-5)12-15-26(28)30/h6-12,15-16,18,22,24-25,29,31,41H,1,13-14,17,19-20H2,2-5H3,(H,38,42)(H,39,44)/t22-,24-,29+,31?,36-/m1/s1. The van der Waals surface area contributed by atoms with E-state index in [1.54, 1.807) is 40.0 Å². The topological polar surface area (TPSA) is 164 Å². The molecule has 260 valence electrons. The number of methoxy groups -OCH3 is 1. The zero-order valence-electron chi connectivity index (χ0n) is 28.0. The maximum Gasteiger partial charge on any atom is 0.259 e. The summed E-state index contributed by atoms with van der Waals surface area (Å²) in [7, 11) is -2.30. The molecule has 1 aliphatic heterocycles. The fourth-order valence-electron chi connectivity index (χ4n) is 6.26. The molecule has 3 aromatic rings. The second kappa shape index (κ2) is 12.8. The third-order valence-electron chi connectivity index (χ3n) is 9.49. The number of benzene rings is 2. The van der Waals surface area contributed by atoms with Gasteiger partial charge in [-0.1, -0.05) is 57.2 Å². The first-order valence-corrected chi connectivity index (χ1v) is 17.9. The van der Waals surface area contributed by atoms with Gasteiger partial charge >= 0.3 is 0 Å². The van der Waals surface area contributed by atoms with Gasteiger partial charge in [-0.05, 0) is 36.8 Å². The molecule has 2 saturated carbocycles. The van der Waals surface area contributed by atoms with E-state index >= 15 is 0 Å². The largest absolute Gasteiger partial charge is 0.497 e. The first-order valence-electron chi connectivity index (χ1n) is 16.4. The fraction of sp³-hybridized carbons (Fsp3) is 0.444. The zero-order valence-corrected chi connectivity index (χ0v) is 28.8. The molecule has 1 saturated heterocycles. The molecule has 3 aliphatic rings. The van der Waals surface area contributed by atoms with Crippen molar-refractivity contribution in [3.05, 3.63) is 67.3 Å². The Morgan fingerprint density at radius 3 is 2.45 bits per heavy atom. The van der Waals surface area contributed by atoms with Crippen molar-refractivity contribution in [3.63, 3.8) is 0 Å². The predicted molar refractivity (Wildman–Crippen MR) is 183 cm³/mol. The molecule has 0 bridgehead atoms. The molecule has 0 radical (unpaired) electrons. The van der Waals surface area contributed by atoms with Crippen LogP contribution in [0.25, 0.3) is 22.2 Å². The summed E-state index contributed by atoms with van der Waals surface area (Å²) in [5.74, 6) is -1.54. The Hall–Kier alpha value is -4.49. The second-order valence-corrected chi connectivity index (χ2v) is 16.1. The van der Waals surface area contributed by atoms with Gasteiger partial charge in [-0.15, -0.1) is 6.58 Å². The van der Waals surface area contributed by atoms with Crippen molar-refractivity contribution >= 4 is 38.6 Å². The number of aromatic nitrogens is 1. The number of hydrogen-bond donors (Lipinski definition) is 3. The zero-order chi connectivity index (χ0) is 35.3. The van der Waals surface area contributed by atoms with Crippen LogP contribution < -0.4 is 19.5 Å². The van der Waals surface area contributed by atoms with Gasteiger partial charge < -0.3 is 24.8 Å². The number of carbonyl (C=O) groups excluding carboxylic acids is 3. The maximum absolute atomic E-state index is 14.1. The third-order valence-corrected chi connectivity index (χ3v) is 11.3. The normalized spacial score (nSPS) is 24.2. The summed E-state index contributed by atoms with van der Waals surface area (Å²) in [6, 6.07) is 15.7. The Labute approximate surface area is 285 Å². The van der Waals surface area contributed by atoms with Crippen LogP contribution in [0, 0.1) is 11.3 Å². The van der Waals surface area contributed by atoms with E-state index in [4.69, 9.17) is 14.5 Å². The number of likely N-dealkylation sites (tertiary alicyclic amines) is 1. The number of ether oxygens (including phenoxy) is 2. The van der Waals surface area contributed by atoms with Crippen LogP contribution in [-0.4, -0.2) is 83.8 Å². The molecule has 5 atom stereocenters. The van der Waals surface area contributed by atoms with Gasteiger partial charge in [0.2, 0.25) is 15.9 Å². The molecule has 3 N–H and O–H groups in total. The molecule has 3 amide bonds. The minimum atomic E-state index is -3.87. The molecule has 6 rings (SSSR count). The number of nitrogens with zero attached hydrogens (tertiary/aromatic N) is 2.